The van der Waals surface area contributed by atoms with Crippen LogP contribution in [0.5, 0.6) is 0 Å². The molecule has 0 aromatic carbocycles. The molecule has 0 bridgehead atoms. The average molecular weight is 518 g/mol. The number of nitrogens with zero attached hydrogens (tertiary/aromatic N) is 1. The Balaban J connectivity index is 4.25. The molecule has 0 saturated heterocycles. The molecule has 1 unspecified atom stereocenters. The van der Waals surface area contributed by atoms with Gasteiger partial charge in [-0.3, -0.25) is 18.5 Å². The third-order valence-electron chi connectivity index (χ3n) is 6.49. The molecule has 0 aromatic rings. The second kappa shape index (κ2) is 26.9. The number of hydrogen-bond donors (Lipinski definition) is 0. The molecule has 0 aliphatic heterocycles. The minimum absolute atomic E-state index is 0.253. The molecule has 0 N–H and O–H groups in total. The maximum atomic E-state index is 12.6. The van der Waals surface area contributed by atoms with E-state index in [4.69, 9.17) is 13.6 Å². The van der Waals surface area contributed by atoms with Gasteiger partial charge in [-0.15, -0.1) is 0 Å². The summed E-state index contributed by atoms with van der Waals surface area (Å²) in [7, 11) is -2.06. The standard InChI is InChI=1S/C29H60NO4P/c1-5-8-11-14-17-20-25-30(26-21-18-15-12-9-6-2)27-22-24-29-34-35(31,32-4)33-28-23-19-16-13-10-7-3/h22,24H,5-21,23,25-29H2,1-4H3/b24-22-. The van der Waals surface area contributed by atoms with Gasteiger partial charge in [0.25, 0.3) is 0 Å². The van der Waals surface area contributed by atoms with E-state index in [9.17, 15) is 4.57 Å². The topological polar surface area (TPSA) is 48.0 Å². The lowest BCUT2D eigenvalue weighted by atomic mass is 10.1. The summed E-state index contributed by atoms with van der Waals surface area (Å²) in [6, 6.07) is 0. The average Bonchev–Trinajstić information content (AvgIpc) is 2.86. The lowest BCUT2D eigenvalue weighted by molar-refractivity contribution is 0.139. The van der Waals surface area contributed by atoms with Gasteiger partial charge in [-0.1, -0.05) is 129 Å². The lowest BCUT2D eigenvalue weighted by Crippen LogP contribution is -2.26. The smallest absolute Gasteiger partial charge is 0.300 e. The van der Waals surface area contributed by atoms with Gasteiger partial charge in [0.05, 0.1) is 13.2 Å². The van der Waals surface area contributed by atoms with Crippen molar-refractivity contribution >= 4 is 7.82 Å². The number of phosphoric ester groups is 1. The van der Waals surface area contributed by atoms with Crippen molar-refractivity contribution in [1.29, 1.82) is 0 Å². The highest BCUT2D eigenvalue weighted by Gasteiger charge is 2.23. The van der Waals surface area contributed by atoms with Crippen LogP contribution in [-0.4, -0.2) is 44.9 Å². The summed E-state index contributed by atoms with van der Waals surface area (Å²) in [6.45, 7) is 10.7. The van der Waals surface area contributed by atoms with E-state index >= 15 is 0 Å². The number of hydrogen-bond acceptors (Lipinski definition) is 5. The predicted molar refractivity (Wildman–Crippen MR) is 152 cm³/mol. The molecule has 35 heavy (non-hydrogen) atoms. The lowest BCUT2D eigenvalue weighted by Gasteiger charge is -2.21. The molecule has 0 amide bonds. The van der Waals surface area contributed by atoms with Gasteiger partial charge < -0.3 is 0 Å². The SMILES string of the molecule is CCCCCCCCOP(=O)(OC)OC/C=C\CN(CCCCCCCC)CCCCCCCC. The van der Waals surface area contributed by atoms with Crippen LogP contribution in [0.2, 0.25) is 0 Å². The van der Waals surface area contributed by atoms with Crippen molar-refractivity contribution in [2.75, 3.05) is 40.0 Å². The molecule has 0 saturated carbocycles. The Hall–Kier alpha value is -0.190. The van der Waals surface area contributed by atoms with E-state index in [0.29, 0.717) is 6.61 Å². The van der Waals surface area contributed by atoms with Crippen molar-refractivity contribution in [2.45, 2.75) is 136 Å². The molecule has 0 aliphatic carbocycles. The molecule has 0 radical (unpaired) electrons. The van der Waals surface area contributed by atoms with Crippen LogP contribution in [0.4, 0.5) is 0 Å². The third-order valence-corrected chi connectivity index (χ3v) is 7.90. The van der Waals surface area contributed by atoms with Crippen molar-refractivity contribution < 1.29 is 18.1 Å². The highest BCUT2D eigenvalue weighted by Crippen LogP contribution is 2.48. The molecule has 0 aliphatic rings. The first-order valence-electron chi connectivity index (χ1n) is 14.9. The normalized spacial score (nSPS) is 13.7. The summed E-state index contributed by atoms with van der Waals surface area (Å²) in [5.74, 6) is 0. The molecule has 0 aromatic heterocycles. The van der Waals surface area contributed by atoms with Crippen LogP contribution in [0, 0.1) is 0 Å². The molecule has 5 nitrogen and oxygen atoms in total. The maximum Gasteiger partial charge on any atom is 0.474 e. The fraction of sp³-hybridized carbons (Fsp3) is 0.931. The molecule has 0 fully saturated rings. The zero-order valence-electron chi connectivity index (χ0n) is 23.9. The maximum absolute atomic E-state index is 12.6. The molecular formula is C29H60NO4P. The van der Waals surface area contributed by atoms with Crippen LogP contribution in [-0.2, 0) is 18.1 Å². The largest absolute Gasteiger partial charge is 0.474 e. The van der Waals surface area contributed by atoms with Crippen molar-refractivity contribution in [1.82, 2.24) is 4.90 Å². The molecule has 1 atom stereocenters. The highest BCUT2D eigenvalue weighted by atomic mass is 31.2. The first-order chi connectivity index (χ1) is 17.1. The highest BCUT2D eigenvalue weighted by molar-refractivity contribution is 7.48. The van der Waals surface area contributed by atoms with Gasteiger partial charge in [-0.05, 0) is 32.4 Å². The van der Waals surface area contributed by atoms with E-state index in [1.165, 1.54) is 110 Å². The Morgan fingerprint density at radius 1 is 0.600 bits per heavy atom. The molecule has 0 heterocycles. The van der Waals surface area contributed by atoms with Gasteiger partial charge in [0.1, 0.15) is 0 Å². The van der Waals surface area contributed by atoms with Gasteiger partial charge in [0.15, 0.2) is 0 Å². The monoisotopic (exact) mass is 517 g/mol. The van der Waals surface area contributed by atoms with Crippen molar-refractivity contribution in [2.24, 2.45) is 0 Å². The van der Waals surface area contributed by atoms with Crippen LogP contribution in [0.25, 0.3) is 0 Å². The van der Waals surface area contributed by atoms with Crippen LogP contribution in [0.3, 0.4) is 0 Å². The van der Waals surface area contributed by atoms with E-state index in [1.807, 2.05) is 6.08 Å². The van der Waals surface area contributed by atoms with E-state index in [1.54, 1.807) is 0 Å². The summed E-state index contributed by atoms with van der Waals surface area (Å²) >= 11 is 0. The molecule has 6 heteroatoms. The molecule has 0 spiro atoms. The third kappa shape index (κ3) is 23.9. The van der Waals surface area contributed by atoms with E-state index in [-0.39, 0.29) is 6.61 Å². The Morgan fingerprint density at radius 3 is 1.54 bits per heavy atom. The summed E-state index contributed by atoms with van der Waals surface area (Å²) in [5, 5.41) is 0. The van der Waals surface area contributed by atoms with Gasteiger partial charge >= 0.3 is 7.82 Å². The fourth-order valence-electron chi connectivity index (χ4n) is 4.15. The summed E-state index contributed by atoms with van der Waals surface area (Å²) in [4.78, 5) is 2.56. The van der Waals surface area contributed by atoms with Crippen LogP contribution < -0.4 is 0 Å². The zero-order chi connectivity index (χ0) is 25.9. The zero-order valence-corrected chi connectivity index (χ0v) is 24.8. The van der Waals surface area contributed by atoms with Crippen molar-refractivity contribution in [3.8, 4) is 0 Å². The van der Waals surface area contributed by atoms with Gasteiger partial charge in [-0.2, -0.15) is 0 Å². The van der Waals surface area contributed by atoms with Gasteiger partial charge in [0, 0.05) is 13.7 Å². The van der Waals surface area contributed by atoms with Crippen molar-refractivity contribution in [3.05, 3.63) is 12.2 Å². The van der Waals surface area contributed by atoms with E-state index < -0.39 is 7.82 Å². The van der Waals surface area contributed by atoms with Crippen LogP contribution in [0.15, 0.2) is 12.2 Å². The summed E-state index contributed by atoms with van der Waals surface area (Å²) in [6.07, 6.45) is 27.0. The van der Waals surface area contributed by atoms with Gasteiger partial charge in [-0.25, -0.2) is 4.57 Å². The van der Waals surface area contributed by atoms with Crippen LogP contribution >= 0.6 is 7.82 Å². The van der Waals surface area contributed by atoms with E-state index in [2.05, 4.69) is 31.7 Å². The Bertz CT molecular complexity index is 485. The van der Waals surface area contributed by atoms with Crippen molar-refractivity contribution in [3.63, 3.8) is 0 Å². The van der Waals surface area contributed by atoms with Gasteiger partial charge in [0.2, 0.25) is 0 Å². The molecular weight excluding hydrogens is 457 g/mol. The minimum Gasteiger partial charge on any atom is -0.300 e. The second-order valence-electron chi connectivity index (χ2n) is 9.83. The first-order valence-corrected chi connectivity index (χ1v) is 16.4. The first kappa shape index (κ1) is 34.8. The fourth-order valence-corrected chi connectivity index (χ4v) is 5.06. The van der Waals surface area contributed by atoms with E-state index in [0.717, 1.165) is 32.5 Å². The molecule has 210 valence electrons. The van der Waals surface area contributed by atoms with Crippen LogP contribution in [0.1, 0.15) is 136 Å². The quantitative estimate of drug-likeness (QED) is 0.0587. The Kier molecular flexibility index (Phi) is 26.7. The molecule has 0 rings (SSSR count). The number of rotatable bonds is 28. The number of phosphoric acid groups is 1. The minimum atomic E-state index is -3.45. The number of unbranched alkanes of at least 4 members (excludes halogenated alkanes) is 15. The predicted octanol–water partition coefficient (Wildman–Crippen LogP) is 9.71. The Morgan fingerprint density at radius 2 is 1.06 bits per heavy atom. The summed E-state index contributed by atoms with van der Waals surface area (Å²) < 4.78 is 28.6. The second-order valence-corrected chi connectivity index (χ2v) is 11.6. The Labute approximate surface area is 219 Å². The summed E-state index contributed by atoms with van der Waals surface area (Å²) in [5.41, 5.74) is 0.